The summed E-state index contributed by atoms with van der Waals surface area (Å²) in [4.78, 5) is 0. The first-order chi connectivity index (χ1) is 6.77. The Morgan fingerprint density at radius 3 is 2.29 bits per heavy atom. The van der Waals surface area contributed by atoms with E-state index in [0.29, 0.717) is 0 Å². The molecular formula is C13H27N. The highest BCUT2D eigenvalue weighted by Crippen LogP contribution is 2.25. The van der Waals surface area contributed by atoms with Gasteiger partial charge in [0.1, 0.15) is 0 Å². The molecule has 1 fully saturated rings. The Morgan fingerprint density at radius 2 is 1.79 bits per heavy atom. The van der Waals surface area contributed by atoms with E-state index < -0.39 is 0 Å². The van der Waals surface area contributed by atoms with E-state index in [2.05, 4.69) is 26.1 Å². The zero-order valence-corrected chi connectivity index (χ0v) is 10.2. The van der Waals surface area contributed by atoms with Crippen LogP contribution in [0.5, 0.6) is 0 Å². The lowest BCUT2D eigenvalue weighted by molar-refractivity contribution is 0.233. The van der Waals surface area contributed by atoms with Crippen molar-refractivity contribution in [3.63, 3.8) is 0 Å². The molecule has 0 aromatic carbocycles. The molecule has 0 radical (unpaired) electrons. The Balaban J connectivity index is 2.39. The maximum absolute atomic E-state index is 3.79. The van der Waals surface area contributed by atoms with Crippen LogP contribution in [-0.2, 0) is 0 Å². The van der Waals surface area contributed by atoms with Gasteiger partial charge in [-0.05, 0) is 38.5 Å². The van der Waals surface area contributed by atoms with E-state index >= 15 is 0 Å². The molecule has 1 heteroatoms. The summed E-state index contributed by atoms with van der Waals surface area (Å²) in [6.45, 7) is 6.96. The molecule has 1 heterocycles. The lowest BCUT2D eigenvalue weighted by Crippen LogP contribution is -2.44. The summed E-state index contributed by atoms with van der Waals surface area (Å²) in [5, 5.41) is 3.79. The summed E-state index contributed by atoms with van der Waals surface area (Å²) in [6.07, 6.45) is 9.74. The summed E-state index contributed by atoms with van der Waals surface area (Å²) in [5.74, 6) is 0.938. The lowest BCUT2D eigenvalue weighted by atomic mass is 9.84. The first-order valence-electron chi connectivity index (χ1n) is 6.54. The molecule has 1 rings (SSSR count). The Bertz CT molecular complexity index is 135. The minimum absolute atomic E-state index is 0.755. The van der Waals surface area contributed by atoms with E-state index in [0.717, 1.165) is 18.0 Å². The largest absolute Gasteiger partial charge is 0.311 e. The normalized spacial score (nSPS) is 28.3. The molecule has 0 aromatic rings. The van der Waals surface area contributed by atoms with Gasteiger partial charge in [0.2, 0.25) is 0 Å². The van der Waals surface area contributed by atoms with Gasteiger partial charge >= 0.3 is 0 Å². The van der Waals surface area contributed by atoms with Crippen molar-refractivity contribution in [3.8, 4) is 0 Å². The Hall–Kier alpha value is -0.0400. The second kappa shape index (κ2) is 6.44. The fourth-order valence-electron chi connectivity index (χ4n) is 2.84. The predicted octanol–water partition coefficient (Wildman–Crippen LogP) is 3.73. The molecule has 1 N–H and O–H groups in total. The molecule has 1 nitrogen and oxygen atoms in total. The summed E-state index contributed by atoms with van der Waals surface area (Å²) in [6, 6.07) is 1.57. The SMILES string of the molecule is CCCC(CCC)[C@@H]1CCC[C@@H](C)N1. The fraction of sp³-hybridized carbons (Fsp3) is 1.00. The molecule has 14 heavy (non-hydrogen) atoms. The molecule has 0 bridgehead atoms. The maximum Gasteiger partial charge on any atom is 0.00978 e. The molecule has 84 valence electrons. The number of nitrogens with one attached hydrogen (secondary N) is 1. The Labute approximate surface area is 89.7 Å². The van der Waals surface area contributed by atoms with E-state index in [1.807, 2.05) is 0 Å². The molecule has 0 spiro atoms. The van der Waals surface area contributed by atoms with Crippen molar-refractivity contribution in [1.29, 1.82) is 0 Å². The van der Waals surface area contributed by atoms with Crippen LogP contribution in [-0.4, -0.2) is 12.1 Å². The van der Waals surface area contributed by atoms with Gasteiger partial charge in [0.25, 0.3) is 0 Å². The molecular weight excluding hydrogens is 170 g/mol. The second-order valence-corrected chi connectivity index (χ2v) is 4.94. The van der Waals surface area contributed by atoms with E-state index in [-0.39, 0.29) is 0 Å². The van der Waals surface area contributed by atoms with Crippen molar-refractivity contribution in [2.24, 2.45) is 5.92 Å². The highest BCUT2D eigenvalue weighted by atomic mass is 15.0. The van der Waals surface area contributed by atoms with Crippen LogP contribution in [0.1, 0.15) is 65.7 Å². The van der Waals surface area contributed by atoms with Gasteiger partial charge in [-0.3, -0.25) is 0 Å². The van der Waals surface area contributed by atoms with Crippen LogP contribution in [0, 0.1) is 5.92 Å². The van der Waals surface area contributed by atoms with E-state index in [4.69, 9.17) is 0 Å². The standard InChI is InChI=1S/C13H27N/c1-4-7-12(8-5-2)13-10-6-9-11(3)14-13/h11-14H,4-10H2,1-3H3/t11-,13+/m1/s1. The van der Waals surface area contributed by atoms with Crippen LogP contribution in [0.3, 0.4) is 0 Å². The van der Waals surface area contributed by atoms with Crippen molar-refractivity contribution >= 4 is 0 Å². The van der Waals surface area contributed by atoms with E-state index in [1.165, 1.54) is 44.9 Å². The van der Waals surface area contributed by atoms with Gasteiger partial charge in [0.15, 0.2) is 0 Å². The smallest absolute Gasteiger partial charge is 0.00978 e. The van der Waals surface area contributed by atoms with Crippen LogP contribution < -0.4 is 5.32 Å². The van der Waals surface area contributed by atoms with Crippen molar-refractivity contribution < 1.29 is 0 Å². The van der Waals surface area contributed by atoms with E-state index in [9.17, 15) is 0 Å². The third-order valence-electron chi connectivity index (χ3n) is 3.54. The van der Waals surface area contributed by atoms with Crippen LogP contribution in [0.15, 0.2) is 0 Å². The average Bonchev–Trinajstić information content (AvgIpc) is 2.17. The molecule has 0 amide bonds. The number of rotatable bonds is 5. The quantitative estimate of drug-likeness (QED) is 0.708. The second-order valence-electron chi connectivity index (χ2n) is 4.94. The monoisotopic (exact) mass is 197 g/mol. The molecule has 0 unspecified atom stereocenters. The fourth-order valence-corrected chi connectivity index (χ4v) is 2.84. The van der Waals surface area contributed by atoms with Crippen LogP contribution in [0.2, 0.25) is 0 Å². The highest BCUT2D eigenvalue weighted by molar-refractivity contribution is 4.83. The first-order valence-corrected chi connectivity index (χ1v) is 6.54. The summed E-state index contributed by atoms with van der Waals surface area (Å²) in [5.41, 5.74) is 0. The van der Waals surface area contributed by atoms with E-state index in [1.54, 1.807) is 0 Å². The minimum atomic E-state index is 0.755. The summed E-state index contributed by atoms with van der Waals surface area (Å²) < 4.78 is 0. The van der Waals surface area contributed by atoms with Gasteiger partial charge in [0.05, 0.1) is 0 Å². The average molecular weight is 197 g/mol. The molecule has 0 aromatic heterocycles. The van der Waals surface area contributed by atoms with Crippen molar-refractivity contribution in [1.82, 2.24) is 5.32 Å². The van der Waals surface area contributed by atoms with Crippen molar-refractivity contribution in [2.45, 2.75) is 77.8 Å². The third kappa shape index (κ3) is 3.61. The lowest BCUT2D eigenvalue weighted by Gasteiger charge is -2.34. The first kappa shape index (κ1) is 12.0. The van der Waals surface area contributed by atoms with Crippen molar-refractivity contribution in [3.05, 3.63) is 0 Å². The van der Waals surface area contributed by atoms with Gasteiger partial charge < -0.3 is 5.32 Å². The number of piperidine rings is 1. The zero-order valence-electron chi connectivity index (χ0n) is 10.2. The molecule has 1 saturated heterocycles. The topological polar surface area (TPSA) is 12.0 Å². The van der Waals surface area contributed by atoms with Gasteiger partial charge in [-0.25, -0.2) is 0 Å². The number of hydrogen-bond donors (Lipinski definition) is 1. The van der Waals surface area contributed by atoms with Gasteiger partial charge in [-0.1, -0.05) is 33.1 Å². The highest BCUT2D eigenvalue weighted by Gasteiger charge is 2.24. The van der Waals surface area contributed by atoms with Crippen LogP contribution in [0.25, 0.3) is 0 Å². The summed E-state index contributed by atoms with van der Waals surface area (Å²) in [7, 11) is 0. The maximum atomic E-state index is 3.79. The molecule has 0 aliphatic carbocycles. The van der Waals surface area contributed by atoms with Gasteiger partial charge in [-0.15, -0.1) is 0 Å². The zero-order chi connectivity index (χ0) is 10.4. The number of hydrogen-bond acceptors (Lipinski definition) is 1. The van der Waals surface area contributed by atoms with Crippen molar-refractivity contribution in [2.75, 3.05) is 0 Å². The summed E-state index contributed by atoms with van der Waals surface area (Å²) >= 11 is 0. The predicted molar refractivity (Wildman–Crippen MR) is 63.5 cm³/mol. The molecule has 0 saturated carbocycles. The Morgan fingerprint density at radius 1 is 1.14 bits per heavy atom. The van der Waals surface area contributed by atoms with Gasteiger partial charge in [0, 0.05) is 12.1 Å². The van der Waals surface area contributed by atoms with Gasteiger partial charge in [-0.2, -0.15) is 0 Å². The minimum Gasteiger partial charge on any atom is -0.311 e. The molecule has 1 aliphatic rings. The molecule has 2 atom stereocenters. The molecule has 1 aliphatic heterocycles. The van der Waals surface area contributed by atoms with Crippen LogP contribution >= 0.6 is 0 Å². The third-order valence-corrected chi connectivity index (χ3v) is 3.54. The van der Waals surface area contributed by atoms with Crippen LogP contribution in [0.4, 0.5) is 0 Å². The Kier molecular flexibility index (Phi) is 5.54.